The molecule has 3 heteroatoms. The van der Waals surface area contributed by atoms with Gasteiger partial charge in [-0.3, -0.25) is 0 Å². The van der Waals surface area contributed by atoms with Gasteiger partial charge in [-0.25, -0.2) is 0 Å². The molecule has 0 spiro atoms. The van der Waals surface area contributed by atoms with E-state index in [9.17, 15) is 0 Å². The molecule has 9 heavy (non-hydrogen) atoms. The van der Waals surface area contributed by atoms with Crippen molar-refractivity contribution in [3.63, 3.8) is 0 Å². The molecule has 1 atom stereocenters. The molecule has 0 aliphatic rings. The minimum atomic E-state index is -0.106. The van der Waals surface area contributed by atoms with E-state index in [1.54, 1.807) is 7.11 Å². The summed E-state index contributed by atoms with van der Waals surface area (Å²) in [6.07, 6.45) is 0. The first-order valence-corrected chi connectivity index (χ1v) is 3.33. The van der Waals surface area contributed by atoms with Crippen LogP contribution >= 0.6 is 12.2 Å². The van der Waals surface area contributed by atoms with Crippen molar-refractivity contribution < 1.29 is 4.74 Å². The lowest BCUT2D eigenvalue weighted by Crippen LogP contribution is -2.35. The van der Waals surface area contributed by atoms with Gasteiger partial charge in [0.2, 0.25) is 0 Å². The van der Waals surface area contributed by atoms with Crippen molar-refractivity contribution in [2.75, 3.05) is 7.11 Å². The smallest absolute Gasteiger partial charge is 0.176 e. The summed E-state index contributed by atoms with van der Waals surface area (Å²) in [6.45, 7) is 4.02. The third kappa shape index (κ3) is 2.77. The van der Waals surface area contributed by atoms with E-state index in [0.29, 0.717) is 11.0 Å². The van der Waals surface area contributed by atoms with Crippen LogP contribution in [0.15, 0.2) is 0 Å². The SMILES string of the molecule is COC(=S)C(N)C(C)C. The molecule has 54 valence electrons. The lowest BCUT2D eigenvalue weighted by atomic mass is 10.1. The number of hydrogen-bond donors (Lipinski definition) is 1. The van der Waals surface area contributed by atoms with Crippen molar-refractivity contribution in [1.82, 2.24) is 0 Å². The maximum Gasteiger partial charge on any atom is 0.176 e. The van der Waals surface area contributed by atoms with Gasteiger partial charge in [0.15, 0.2) is 5.05 Å². The Morgan fingerprint density at radius 2 is 2.00 bits per heavy atom. The molecular weight excluding hydrogens is 134 g/mol. The standard InChI is InChI=1S/C6H13NOS/c1-4(2)5(7)6(9)8-3/h4-5H,7H2,1-3H3. The summed E-state index contributed by atoms with van der Waals surface area (Å²) in [5.74, 6) is 0.359. The molecule has 0 fully saturated rings. The average Bonchev–Trinajstić information content (AvgIpc) is 1.84. The summed E-state index contributed by atoms with van der Waals surface area (Å²) in [6, 6.07) is -0.106. The normalized spacial score (nSPS) is 13.4. The number of ether oxygens (including phenoxy) is 1. The highest BCUT2D eigenvalue weighted by molar-refractivity contribution is 7.80. The molecule has 0 saturated heterocycles. The fraction of sp³-hybridized carbons (Fsp3) is 0.833. The van der Waals surface area contributed by atoms with Crippen LogP contribution in [0.5, 0.6) is 0 Å². The fourth-order valence-electron chi connectivity index (χ4n) is 0.408. The number of methoxy groups -OCH3 is 1. The first-order chi connectivity index (χ1) is 4.09. The monoisotopic (exact) mass is 147 g/mol. The molecule has 2 nitrogen and oxygen atoms in total. The summed E-state index contributed by atoms with van der Waals surface area (Å²) >= 11 is 4.81. The molecule has 2 N–H and O–H groups in total. The predicted octanol–water partition coefficient (Wildman–Crippen LogP) is 0.944. The lowest BCUT2D eigenvalue weighted by molar-refractivity contribution is 0.377. The maximum atomic E-state index is 5.60. The molecule has 0 aromatic heterocycles. The van der Waals surface area contributed by atoms with E-state index in [0.717, 1.165) is 0 Å². The van der Waals surface area contributed by atoms with Gasteiger partial charge in [0.05, 0.1) is 13.2 Å². The quantitative estimate of drug-likeness (QED) is 0.590. The Balaban J connectivity index is 3.72. The maximum absolute atomic E-state index is 5.60. The summed E-state index contributed by atoms with van der Waals surface area (Å²) in [7, 11) is 1.55. The van der Waals surface area contributed by atoms with E-state index >= 15 is 0 Å². The molecule has 0 aromatic rings. The van der Waals surface area contributed by atoms with Crippen LogP contribution in [0, 0.1) is 5.92 Å². The second kappa shape index (κ2) is 3.80. The van der Waals surface area contributed by atoms with Crippen LogP contribution in [0.1, 0.15) is 13.8 Å². The van der Waals surface area contributed by atoms with Gasteiger partial charge in [-0.15, -0.1) is 0 Å². The van der Waals surface area contributed by atoms with E-state index in [-0.39, 0.29) is 6.04 Å². The number of rotatable bonds is 2. The molecule has 0 bridgehead atoms. The molecule has 0 amide bonds. The van der Waals surface area contributed by atoms with Crippen molar-refractivity contribution in [3.05, 3.63) is 0 Å². The van der Waals surface area contributed by atoms with Gasteiger partial charge >= 0.3 is 0 Å². The van der Waals surface area contributed by atoms with Gasteiger partial charge in [0.1, 0.15) is 0 Å². The summed E-state index contributed by atoms with van der Waals surface area (Å²) in [5.41, 5.74) is 5.60. The van der Waals surface area contributed by atoms with Gasteiger partial charge in [0, 0.05) is 0 Å². The van der Waals surface area contributed by atoms with Crippen LogP contribution in [-0.4, -0.2) is 18.2 Å². The second-order valence-electron chi connectivity index (χ2n) is 2.29. The largest absolute Gasteiger partial charge is 0.489 e. The van der Waals surface area contributed by atoms with Gasteiger partial charge in [-0.05, 0) is 18.1 Å². The van der Waals surface area contributed by atoms with Gasteiger partial charge in [0.25, 0.3) is 0 Å². The van der Waals surface area contributed by atoms with Crippen LogP contribution in [0.25, 0.3) is 0 Å². The first-order valence-electron chi connectivity index (χ1n) is 2.93. The van der Waals surface area contributed by atoms with Gasteiger partial charge < -0.3 is 10.5 Å². The van der Waals surface area contributed by atoms with Crippen molar-refractivity contribution >= 4 is 17.3 Å². The first kappa shape index (κ1) is 8.85. The van der Waals surface area contributed by atoms with Crippen LogP contribution in [0.3, 0.4) is 0 Å². The third-order valence-electron chi connectivity index (χ3n) is 1.19. The summed E-state index contributed by atoms with van der Waals surface area (Å²) in [5, 5.41) is 0.491. The van der Waals surface area contributed by atoms with E-state index in [1.807, 2.05) is 13.8 Å². The van der Waals surface area contributed by atoms with E-state index in [2.05, 4.69) is 0 Å². The Labute approximate surface area is 61.4 Å². The number of nitrogens with two attached hydrogens (primary N) is 1. The van der Waals surface area contributed by atoms with E-state index in [1.165, 1.54) is 0 Å². The predicted molar refractivity (Wildman–Crippen MR) is 42.4 cm³/mol. The molecule has 0 heterocycles. The summed E-state index contributed by atoms with van der Waals surface area (Å²) in [4.78, 5) is 0. The summed E-state index contributed by atoms with van der Waals surface area (Å²) < 4.78 is 4.78. The molecule has 0 aliphatic carbocycles. The van der Waals surface area contributed by atoms with Crippen molar-refractivity contribution in [3.8, 4) is 0 Å². The Morgan fingerprint density at radius 1 is 1.56 bits per heavy atom. The molecule has 0 aromatic carbocycles. The Kier molecular flexibility index (Phi) is 3.73. The highest BCUT2D eigenvalue weighted by atomic mass is 32.1. The highest BCUT2D eigenvalue weighted by Gasteiger charge is 2.12. The molecule has 0 rings (SSSR count). The molecule has 0 aliphatic heterocycles. The van der Waals surface area contributed by atoms with Crippen molar-refractivity contribution in [1.29, 1.82) is 0 Å². The van der Waals surface area contributed by atoms with Crippen LogP contribution in [0.4, 0.5) is 0 Å². The topological polar surface area (TPSA) is 35.2 Å². The van der Waals surface area contributed by atoms with E-state index in [4.69, 9.17) is 22.7 Å². The fourth-order valence-corrected chi connectivity index (χ4v) is 0.680. The third-order valence-corrected chi connectivity index (χ3v) is 1.63. The van der Waals surface area contributed by atoms with Crippen molar-refractivity contribution in [2.45, 2.75) is 19.9 Å². The minimum absolute atomic E-state index is 0.106. The molecule has 0 radical (unpaired) electrons. The van der Waals surface area contributed by atoms with Gasteiger partial charge in [-0.1, -0.05) is 13.8 Å². The zero-order chi connectivity index (χ0) is 7.44. The zero-order valence-electron chi connectivity index (χ0n) is 6.05. The molecule has 0 saturated carbocycles. The lowest BCUT2D eigenvalue weighted by Gasteiger charge is -2.14. The number of thiocarbonyl (C=S) groups is 1. The second-order valence-corrected chi connectivity index (χ2v) is 2.70. The Hall–Kier alpha value is -0.150. The van der Waals surface area contributed by atoms with Crippen LogP contribution < -0.4 is 5.73 Å². The Bertz CT molecular complexity index is 103. The molecule has 1 unspecified atom stereocenters. The van der Waals surface area contributed by atoms with E-state index < -0.39 is 0 Å². The van der Waals surface area contributed by atoms with Crippen LogP contribution in [0.2, 0.25) is 0 Å². The zero-order valence-corrected chi connectivity index (χ0v) is 6.87. The molecular formula is C6H13NOS. The Morgan fingerprint density at radius 3 is 2.11 bits per heavy atom. The average molecular weight is 147 g/mol. The minimum Gasteiger partial charge on any atom is -0.489 e. The highest BCUT2D eigenvalue weighted by Crippen LogP contribution is 2.00. The van der Waals surface area contributed by atoms with Gasteiger partial charge in [-0.2, -0.15) is 0 Å². The van der Waals surface area contributed by atoms with Crippen LogP contribution in [-0.2, 0) is 4.74 Å². The van der Waals surface area contributed by atoms with Crippen molar-refractivity contribution in [2.24, 2.45) is 11.7 Å². The number of hydrogen-bond acceptors (Lipinski definition) is 3.